The van der Waals surface area contributed by atoms with Gasteiger partial charge in [0.25, 0.3) is 0 Å². The van der Waals surface area contributed by atoms with E-state index in [9.17, 15) is 0 Å². The normalized spacial score (nSPS) is 0. The van der Waals surface area contributed by atoms with E-state index < -0.39 is 0 Å². The summed E-state index contributed by atoms with van der Waals surface area (Å²) in [4.78, 5) is 0. The second-order valence-electron chi connectivity index (χ2n) is 0. The van der Waals surface area contributed by atoms with Crippen molar-refractivity contribution in [3.63, 3.8) is 0 Å². The summed E-state index contributed by atoms with van der Waals surface area (Å²) in [6.45, 7) is 0. The van der Waals surface area contributed by atoms with Crippen molar-refractivity contribution >= 4 is 37.7 Å². The Morgan fingerprint density at radius 2 is 0.154 bits per heavy atom. The molecule has 0 radical (unpaired) electrons. The van der Waals surface area contributed by atoms with Crippen LogP contribution in [0.4, 0.5) is 0 Å². The first kappa shape index (κ1) is 3700. The Morgan fingerprint density at radius 1 is 0.154 bits per heavy atom. The van der Waals surface area contributed by atoms with Gasteiger partial charge in [0.1, 0.15) is 0 Å². The van der Waals surface area contributed by atoms with E-state index in [-0.39, 0.29) is 103 Å². The third-order valence-electron chi connectivity index (χ3n) is 0. The molecule has 0 atom stereocenters. The molecule has 0 aromatic carbocycles. The first-order valence-electron chi connectivity index (χ1n) is 0. The van der Waals surface area contributed by atoms with Gasteiger partial charge in [0.2, 0.25) is 0 Å². The fourth-order valence-electron chi connectivity index (χ4n) is 0. The maximum absolute atomic E-state index is 0. The molecule has 0 aliphatic rings. The van der Waals surface area contributed by atoms with Gasteiger partial charge in [0.15, 0.2) is 0 Å². The van der Waals surface area contributed by atoms with Crippen LogP contribution in [0.5, 0.6) is 0 Å². The SMILES string of the molecule is O.O.O.O.O.O.O.O.O.O.O.O.[CaH2]. The quantitative estimate of drug-likeness (QED) is 0.364. The summed E-state index contributed by atoms with van der Waals surface area (Å²) in [6, 6.07) is 0. The Hall–Kier alpha value is 0.780. The summed E-state index contributed by atoms with van der Waals surface area (Å²) in [5, 5.41) is 0. The van der Waals surface area contributed by atoms with Crippen LogP contribution < -0.4 is 0 Å². The maximum atomic E-state index is 0. The van der Waals surface area contributed by atoms with Crippen molar-refractivity contribution in [1.82, 2.24) is 0 Å². The molecule has 0 fully saturated rings. The summed E-state index contributed by atoms with van der Waals surface area (Å²) in [7, 11) is 0. The van der Waals surface area contributed by atoms with Crippen molar-refractivity contribution in [1.29, 1.82) is 0 Å². The van der Waals surface area contributed by atoms with Gasteiger partial charge in [-0.15, -0.1) is 0 Å². The van der Waals surface area contributed by atoms with Crippen molar-refractivity contribution in [2.24, 2.45) is 0 Å². The summed E-state index contributed by atoms with van der Waals surface area (Å²) in [5.74, 6) is 0. The van der Waals surface area contributed by atoms with Crippen LogP contribution in [0.25, 0.3) is 0 Å². The number of rotatable bonds is 0. The standard InChI is InChI=1S/Ca.12H2O.2H/h;12*1H2;;. The predicted molar refractivity (Wildman–Crippen MR) is 51.9 cm³/mol. The van der Waals surface area contributed by atoms with Crippen LogP contribution in [0.3, 0.4) is 0 Å². The summed E-state index contributed by atoms with van der Waals surface area (Å²) >= 11 is 0. The zero-order valence-corrected chi connectivity index (χ0v) is 6.00. The Balaban J connectivity index is 0. The Bertz CT molecular complexity index is 5.09. The van der Waals surface area contributed by atoms with Crippen LogP contribution in [0.1, 0.15) is 0 Å². The predicted octanol–water partition coefficient (Wildman–Crippen LogP) is -10.8. The molecule has 0 saturated carbocycles. The van der Waals surface area contributed by atoms with E-state index in [1.54, 1.807) is 0 Å². The van der Waals surface area contributed by atoms with Crippen molar-refractivity contribution < 1.29 is 65.7 Å². The molecule has 24 N–H and O–H groups in total. The molecule has 0 unspecified atom stereocenters. The average molecular weight is 258 g/mol. The molecule has 0 spiro atoms. The first-order valence-corrected chi connectivity index (χ1v) is 0. The van der Waals surface area contributed by atoms with Crippen LogP contribution in [0.2, 0.25) is 0 Å². The van der Waals surface area contributed by atoms with Gasteiger partial charge in [-0.05, 0) is 0 Å². The molecule has 0 rings (SSSR count). The molecule has 13 heteroatoms. The number of hydrogen-bond donors (Lipinski definition) is 0. The van der Waals surface area contributed by atoms with E-state index in [0.717, 1.165) is 0 Å². The monoisotopic (exact) mass is 258 g/mol. The Labute approximate surface area is 103 Å². The Morgan fingerprint density at radius 3 is 0.154 bits per heavy atom. The first-order chi connectivity index (χ1) is 0. The van der Waals surface area contributed by atoms with Crippen LogP contribution in [-0.4, -0.2) is 103 Å². The van der Waals surface area contributed by atoms with Crippen LogP contribution in [0, 0.1) is 0 Å². The van der Waals surface area contributed by atoms with Crippen molar-refractivity contribution in [2.45, 2.75) is 0 Å². The average Bonchev–Trinajstić information content (AvgIpc) is 0. The molecule has 0 bridgehead atoms. The molecule has 12 nitrogen and oxygen atoms in total. The Kier molecular flexibility index (Phi) is 830000. The summed E-state index contributed by atoms with van der Waals surface area (Å²) in [5.41, 5.74) is 0. The van der Waals surface area contributed by atoms with E-state index in [4.69, 9.17) is 0 Å². The van der Waals surface area contributed by atoms with Gasteiger partial charge in [-0.25, -0.2) is 0 Å². The third kappa shape index (κ3) is 2440. The minimum absolute atomic E-state index is 0. The summed E-state index contributed by atoms with van der Waals surface area (Å²) in [6.07, 6.45) is 0. The van der Waals surface area contributed by atoms with Gasteiger partial charge in [0.05, 0.1) is 0 Å². The van der Waals surface area contributed by atoms with Gasteiger partial charge < -0.3 is 65.7 Å². The fourth-order valence-corrected chi connectivity index (χ4v) is 0. The number of hydrogen-bond acceptors (Lipinski definition) is 0. The van der Waals surface area contributed by atoms with E-state index in [1.165, 1.54) is 0 Å². The van der Waals surface area contributed by atoms with Gasteiger partial charge in [-0.2, -0.15) is 0 Å². The molecule has 0 saturated heterocycles. The molecule has 0 amide bonds. The van der Waals surface area contributed by atoms with E-state index in [1.807, 2.05) is 0 Å². The molecule has 0 aliphatic carbocycles. The van der Waals surface area contributed by atoms with Gasteiger partial charge in [-0.3, -0.25) is 0 Å². The van der Waals surface area contributed by atoms with Gasteiger partial charge >= 0.3 is 37.7 Å². The fraction of sp³-hybridized carbons (Fsp3) is 0. The second kappa shape index (κ2) is 2920. The van der Waals surface area contributed by atoms with Crippen molar-refractivity contribution in [2.75, 3.05) is 0 Å². The van der Waals surface area contributed by atoms with Crippen LogP contribution in [-0.2, 0) is 0 Å². The summed E-state index contributed by atoms with van der Waals surface area (Å²) < 4.78 is 0. The molecular weight excluding hydrogens is 232 g/mol. The van der Waals surface area contributed by atoms with Crippen LogP contribution in [0.15, 0.2) is 0 Å². The van der Waals surface area contributed by atoms with Crippen LogP contribution >= 0.6 is 0 Å². The minimum atomic E-state index is 0. The molecular formula is H26CaO12. The zero-order chi connectivity index (χ0) is 0. The van der Waals surface area contributed by atoms with E-state index in [0.29, 0.717) is 0 Å². The van der Waals surface area contributed by atoms with Gasteiger partial charge in [0, 0.05) is 0 Å². The third-order valence-corrected chi connectivity index (χ3v) is 0. The second-order valence-corrected chi connectivity index (χ2v) is 0. The van der Waals surface area contributed by atoms with Crippen molar-refractivity contribution in [3.05, 3.63) is 0 Å². The van der Waals surface area contributed by atoms with Crippen molar-refractivity contribution in [3.8, 4) is 0 Å². The van der Waals surface area contributed by atoms with Gasteiger partial charge in [-0.1, -0.05) is 0 Å². The van der Waals surface area contributed by atoms with E-state index >= 15 is 0 Å². The van der Waals surface area contributed by atoms with E-state index in [2.05, 4.69) is 0 Å². The molecule has 0 heterocycles. The molecule has 13 heavy (non-hydrogen) atoms. The molecule has 0 aliphatic heterocycles. The topological polar surface area (TPSA) is 378 Å². The molecule has 0 aromatic rings. The molecule has 100 valence electrons. The molecule has 0 aromatic heterocycles. The zero-order valence-electron chi connectivity index (χ0n) is 6.00.